The summed E-state index contributed by atoms with van der Waals surface area (Å²) in [7, 11) is 0. The molecule has 0 unspecified atom stereocenters. The van der Waals surface area contributed by atoms with Crippen molar-refractivity contribution >= 4 is 41.6 Å². The Morgan fingerprint density at radius 2 is 1.69 bits per heavy atom. The zero-order chi connectivity index (χ0) is 26.0. The van der Waals surface area contributed by atoms with E-state index in [0.717, 1.165) is 29.8 Å². The Morgan fingerprint density at radius 1 is 1.00 bits per heavy atom. The van der Waals surface area contributed by atoms with Crippen molar-refractivity contribution in [2.75, 3.05) is 26.2 Å². The van der Waals surface area contributed by atoms with Gasteiger partial charge >= 0.3 is 6.18 Å². The average molecular weight is 557 g/mol. The van der Waals surface area contributed by atoms with Crippen LogP contribution in [0, 0.1) is 18.6 Å². The molecule has 1 aliphatic rings. The smallest absolute Gasteiger partial charge is 0.296 e. The third kappa shape index (κ3) is 6.36. The lowest BCUT2D eigenvalue weighted by Crippen LogP contribution is -2.46. The standard InChI is InChI=1S/C24H25Cl2F3N6S/c1-16-3-4-18(11-17(16)2)13-30-35-22(24(27,28)29)31-34(23(35)36)15-33-9-7-32(8-10-33)14-19-5-6-20(25)12-21(19)26/h3-6,11-13H,7-10,14-15H2,1-2H3/b30-13+. The lowest BCUT2D eigenvalue weighted by atomic mass is 10.1. The monoisotopic (exact) mass is 556 g/mol. The molecule has 36 heavy (non-hydrogen) atoms. The predicted octanol–water partition coefficient (Wildman–Crippen LogP) is 6.01. The summed E-state index contributed by atoms with van der Waals surface area (Å²) >= 11 is 17.6. The molecule has 0 saturated carbocycles. The van der Waals surface area contributed by atoms with Crippen molar-refractivity contribution < 1.29 is 13.2 Å². The molecule has 2 aromatic carbocycles. The number of piperazine rings is 1. The van der Waals surface area contributed by atoms with Crippen molar-refractivity contribution in [3.8, 4) is 0 Å². The van der Waals surface area contributed by atoms with Crippen molar-refractivity contribution in [2.45, 2.75) is 33.2 Å². The fourth-order valence-electron chi connectivity index (χ4n) is 3.91. The van der Waals surface area contributed by atoms with Crippen LogP contribution in [0.5, 0.6) is 0 Å². The molecule has 1 aliphatic heterocycles. The van der Waals surface area contributed by atoms with E-state index in [-0.39, 0.29) is 11.4 Å². The quantitative estimate of drug-likeness (QED) is 0.275. The molecule has 0 aliphatic carbocycles. The molecular weight excluding hydrogens is 532 g/mol. The molecule has 4 rings (SSSR count). The summed E-state index contributed by atoms with van der Waals surface area (Å²) in [4.78, 5) is 4.25. The van der Waals surface area contributed by atoms with E-state index in [9.17, 15) is 13.2 Å². The van der Waals surface area contributed by atoms with Crippen LogP contribution in [0.25, 0.3) is 0 Å². The van der Waals surface area contributed by atoms with Crippen LogP contribution in [-0.4, -0.2) is 56.7 Å². The van der Waals surface area contributed by atoms with E-state index in [1.165, 1.54) is 10.9 Å². The van der Waals surface area contributed by atoms with Crippen molar-refractivity contribution in [3.63, 3.8) is 0 Å². The first-order chi connectivity index (χ1) is 17.0. The SMILES string of the molecule is Cc1ccc(/C=N/n2c(C(F)(F)F)nn(CN3CCN(Cc4ccc(Cl)cc4Cl)CC3)c2=S)cc1C. The summed E-state index contributed by atoms with van der Waals surface area (Å²) in [5.41, 5.74) is 3.76. The number of halogens is 5. The zero-order valence-corrected chi connectivity index (χ0v) is 22.1. The van der Waals surface area contributed by atoms with Crippen LogP contribution in [0.2, 0.25) is 10.0 Å². The molecule has 0 N–H and O–H groups in total. The molecule has 1 saturated heterocycles. The van der Waals surface area contributed by atoms with E-state index in [0.29, 0.717) is 39.9 Å². The first-order valence-corrected chi connectivity index (χ1v) is 12.4. The van der Waals surface area contributed by atoms with Gasteiger partial charge in [-0.25, -0.2) is 4.68 Å². The van der Waals surface area contributed by atoms with Crippen LogP contribution in [0.4, 0.5) is 13.2 Å². The molecule has 3 aromatic rings. The van der Waals surface area contributed by atoms with Crippen molar-refractivity contribution in [3.05, 3.63) is 79.3 Å². The lowest BCUT2D eigenvalue weighted by Gasteiger charge is -2.34. The highest BCUT2D eigenvalue weighted by molar-refractivity contribution is 7.71. The molecule has 0 amide bonds. The van der Waals surface area contributed by atoms with Gasteiger partial charge in [0.15, 0.2) is 0 Å². The van der Waals surface area contributed by atoms with Crippen LogP contribution >= 0.6 is 35.4 Å². The Labute approximate surface area is 222 Å². The van der Waals surface area contributed by atoms with Gasteiger partial charge in [0.2, 0.25) is 4.77 Å². The zero-order valence-electron chi connectivity index (χ0n) is 19.8. The van der Waals surface area contributed by atoms with Crippen LogP contribution in [-0.2, 0) is 19.4 Å². The van der Waals surface area contributed by atoms with E-state index in [1.807, 2.05) is 36.9 Å². The molecule has 0 atom stereocenters. The third-order valence-corrected chi connectivity index (χ3v) is 7.10. The highest BCUT2D eigenvalue weighted by atomic mass is 35.5. The van der Waals surface area contributed by atoms with Gasteiger partial charge in [-0.05, 0) is 60.5 Å². The summed E-state index contributed by atoms with van der Waals surface area (Å²) in [5.74, 6) is -1.15. The van der Waals surface area contributed by atoms with E-state index in [4.69, 9.17) is 35.4 Å². The minimum Gasteiger partial charge on any atom is -0.296 e. The maximum Gasteiger partial charge on any atom is 0.453 e. The van der Waals surface area contributed by atoms with Gasteiger partial charge in [-0.2, -0.15) is 22.9 Å². The molecule has 1 aromatic heterocycles. The molecular formula is C24H25Cl2F3N6S. The summed E-state index contributed by atoms with van der Waals surface area (Å²) < 4.78 is 42.9. The van der Waals surface area contributed by atoms with Crippen LogP contribution < -0.4 is 0 Å². The van der Waals surface area contributed by atoms with Crippen molar-refractivity contribution in [1.82, 2.24) is 24.3 Å². The Bertz CT molecular complexity index is 1330. The van der Waals surface area contributed by atoms with E-state index in [2.05, 4.69) is 15.1 Å². The van der Waals surface area contributed by atoms with Crippen molar-refractivity contribution in [2.24, 2.45) is 5.10 Å². The Balaban J connectivity index is 1.46. The maximum absolute atomic E-state index is 13.7. The van der Waals surface area contributed by atoms with Crippen LogP contribution in [0.3, 0.4) is 0 Å². The number of nitrogens with zero attached hydrogens (tertiary/aromatic N) is 6. The van der Waals surface area contributed by atoms with Crippen LogP contribution in [0.15, 0.2) is 41.5 Å². The van der Waals surface area contributed by atoms with Gasteiger partial charge in [-0.15, -0.1) is 5.10 Å². The molecule has 0 radical (unpaired) electrons. The maximum atomic E-state index is 13.7. The second-order valence-electron chi connectivity index (χ2n) is 8.77. The van der Waals surface area contributed by atoms with Gasteiger partial charge in [-0.1, -0.05) is 47.5 Å². The second kappa shape index (κ2) is 11.0. The number of hydrogen-bond donors (Lipinski definition) is 0. The first kappa shape index (κ1) is 26.8. The number of aryl methyl sites for hydroxylation is 2. The molecule has 0 bridgehead atoms. The molecule has 6 nitrogen and oxygen atoms in total. The first-order valence-electron chi connectivity index (χ1n) is 11.3. The van der Waals surface area contributed by atoms with Gasteiger partial charge in [0, 0.05) is 42.8 Å². The van der Waals surface area contributed by atoms with Crippen LogP contribution in [0.1, 0.15) is 28.1 Å². The highest BCUT2D eigenvalue weighted by Gasteiger charge is 2.39. The number of aromatic nitrogens is 3. The normalized spacial score (nSPS) is 15.8. The number of benzene rings is 2. The Morgan fingerprint density at radius 3 is 2.33 bits per heavy atom. The van der Waals surface area contributed by atoms with Gasteiger partial charge in [0.1, 0.15) is 0 Å². The van der Waals surface area contributed by atoms with Gasteiger partial charge < -0.3 is 0 Å². The van der Waals surface area contributed by atoms with E-state index < -0.39 is 12.0 Å². The van der Waals surface area contributed by atoms with Gasteiger partial charge in [0.05, 0.1) is 12.9 Å². The molecule has 0 spiro atoms. The average Bonchev–Trinajstić information content (AvgIpc) is 3.13. The van der Waals surface area contributed by atoms with Gasteiger partial charge in [0.25, 0.3) is 5.82 Å². The molecule has 1 fully saturated rings. The minimum absolute atomic E-state index is 0.113. The van der Waals surface area contributed by atoms with E-state index >= 15 is 0 Å². The highest BCUT2D eigenvalue weighted by Crippen LogP contribution is 2.28. The predicted molar refractivity (Wildman–Crippen MR) is 138 cm³/mol. The van der Waals surface area contributed by atoms with E-state index in [1.54, 1.807) is 18.2 Å². The topological polar surface area (TPSA) is 41.6 Å². The molecule has 192 valence electrons. The number of rotatable bonds is 6. The summed E-state index contributed by atoms with van der Waals surface area (Å²) in [6, 6.07) is 11.0. The lowest BCUT2D eigenvalue weighted by molar-refractivity contribution is -0.147. The van der Waals surface area contributed by atoms with Gasteiger partial charge in [-0.3, -0.25) is 9.80 Å². The summed E-state index contributed by atoms with van der Waals surface area (Å²) in [5, 5.41) is 9.01. The largest absolute Gasteiger partial charge is 0.453 e. The Hall–Kier alpha value is -2.24. The summed E-state index contributed by atoms with van der Waals surface area (Å²) in [6.07, 6.45) is -3.33. The Kier molecular flexibility index (Phi) is 8.21. The number of alkyl halides is 3. The van der Waals surface area contributed by atoms with Crippen molar-refractivity contribution in [1.29, 1.82) is 0 Å². The fourth-order valence-corrected chi connectivity index (χ4v) is 4.61. The second-order valence-corrected chi connectivity index (χ2v) is 9.98. The minimum atomic E-state index is -4.70. The fraction of sp³-hybridized carbons (Fsp3) is 0.375. The number of hydrogen-bond acceptors (Lipinski definition) is 5. The molecule has 12 heteroatoms. The third-order valence-electron chi connectivity index (χ3n) is 6.13. The molecule has 2 heterocycles. The summed E-state index contributed by atoms with van der Waals surface area (Å²) in [6.45, 7) is 7.45.